The Bertz CT molecular complexity index is 322. The maximum Gasteiger partial charge on any atom is 0.395 e. The molecule has 118 valence electrons. The van der Waals surface area contributed by atoms with Gasteiger partial charge in [-0.3, -0.25) is 4.90 Å². The van der Waals surface area contributed by atoms with Gasteiger partial charge in [0.25, 0.3) is 0 Å². The van der Waals surface area contributed by atoms with Gasteiger partial charge in [-0.1, -0.05) is 20.8 Å². The Kier molecular flexibility index (Phi) is 4.69. The molecule has 5 heteroatoms. The fourth-order valence-electron chi connectivity index (χ4n) is 3.42. The number of likely N-dealkylation sites (tertiary alicyclic amines) is 1. The summed E-state index contributed by atoms with van der Waals surface area (Å²) >= 11 is 0. The number of piperidine rings is 1. The summed E-state index contributed by atoms with van der Waals surface area (Å²) in [5, 5.41) is 0. The molecule has 2 aliphatic heterocycles. The molecule has 0 spiro atoms. The summed E-state index contributed by atoms with van der Waals surface area (Å²) in [6.45, 7) is 8.53. The third-order valence-electron chi connectivity index (χ3n) is 5.54. The summed E-state index contributed by atoms with van der Waals surface area (Å²) in [7, 11) is 0. The Morgan fingerprint density at radius 2 is 1.80 bits per heavy atom. The van der Waals surface area contributed by atoms with Crippen LogP contribution >= 0.6 is 0 Å². The second kappa shape index (κ2) is 5.84. The number of ether oxygens (including phenoxy) is 1. The number of hydrogen-bond acceptors (Lipinski definition) is 2. The van der Waals surface area contributed by atoms with Crippen molar-refractivity contribution in [3.63, 3.8) is 0 Å². The van der Waals surface area contributed by atoms with E-state index in [1.807, 2.05) is 0 Å². The molecule has 2 heterocycles. The highest BCUT2D eigenvalue weighted by atomic mass is 19.4. The number of rotatable bonds is 2. The van der Waals surface area contributed by atoms with Crippen LogP contribution < -0.4 is 0 Å². The van der Waals surface area contributed by atoms with E-state index in [9.17, 15) is 13.2 Å². The second-order valence-electron chi connectivity index (χ2n) is 6.92. The molecule has 0 radical (unpaired) electrons. The van der Waals surface area contributed by atoms with Crippen LogP contribution in [0.3, 0.4) is 0 Å². The van der Waals surface area contributed by atoms with Crippen LogP contribution in [0.1, 0.15) is 40.0 Å². The number of nitrogens with zero attached hydrogens (tertiary/aromatic N) is 1. The highest BCUT2D eigenvalue weighted by molar-refractivity contribution is 4.92. The highest BCUT2D eigenvalue weighted by Gasteiger charge is 2.49. The van der Waals surface area contributed by atoms with Gasteiger partial charge in [-0.2, -0.15) is 13.2 Å². The minimum Gasteiger partial charge on any atom is -0.381 e. The van der Waals surface area contributed by atoms with Crippen LogP contribution in [0.2, 0.25) is 0 Å². The third kappa shape index (κ3) is 3.30. The zero-order valence-corrected chi connectivity index (χ0v) is 12.7. The lowest BCUT2D eigenvalue weighted by molar-refractivity contribution is -0.221. The van der Waals surface area contributed by atoms with E-state index in [1.165, 1.54) is 0 Å². The average Bonchev–Trinajstić information content (AvgIpc) is 2.38. The number of hydrogen-bond donors (Lipinski definition) is 0. The second-order valence-corrected chi connectivity index (χ2v) is 6.92. The highest BCUT2D eigenvalue weighted by Crippen LogP contribution is 2.41. The van der Waals surface area contributed by atoms with Crippen LogP contribution in [0.4, 0.5) is 13.2 Å². The Morgan fingerprint density at radius 1 is 1.20 bits per heavy atom. The molecule has 0 aromatic heterocycles. The molecule has 2 rings (SSSR count). The van der Waals surface area contributed by atoms with Gasteiger partial charge in [-0.25, -0.2) is 0 Å². The monoisotopic (exact) mass is 293 g/mol. The molecule has 0 saturated carbocycles. The Morgan fingerprint density at radius 3 is 2.30 bits per heavy atom. The van der Waals surface area contributed by atoms with Crippen molar-refractivity contribution in [3.05, 3.63) is 0 Å². The fraction of sp³-hybridized carbons (Fsp3) is 1.00. The molecule has 2 fully saturated rings. The van der Waals surface area contributed by atoms with Gasteiger partial charge in [0.15, 0.2) is 0 Å². The van der Waals surface area contributed by atoms with Crippen molar-refractivity contribution >= 4 is 0 Å². The molecule has 2 atom stereocenters. The van der Waals surface area contributed by atoms with Gasteiger partial charge in [0.05, 0.1) is 12.5 Å². The molecular formula is C15H26F3NO. The van der Waals surface area contributed by atoms with Crippen LogP contribution in [-0.2, 0) is 4.74 Å². The van der Waals surface area contributed by atoms with E-state index in [1.54, 1.807) is 0 Å². The van der Waals surface area contributed by atoms with Gasteiger partial charge in [0, 0.05) is 12.6 Å². The average molecular weight is 293 g/mol. The SMILES string of the molecule is CC(C)C1(C)CCN([C@@H]2CCOC[C@H]2C(F)(F)F)CC1. The smallest absolute Gasteiger partial charge is 0.381 e. The molecule has 0 amide bonds. The van der Waals surface area contributed by atoms with Crippen LogP contribution in [0.25, 0.3) is 0 Å². The minimum absolute atomic E-state index is 0.174. The summed E-state index contributed by atoms with van der Waals surface area (Å²) in [6.07, 6.45) is -1.66. The minimum atomic E-state index is -4.15. The first kappa shape index (κ1) is 16.1. The lowest BCUT2D eigenvalue weighted by Crippen LogP contribution is -2.54. The zero-order chi connectivity index (χ0) is 15.0. The van der Waals surface area contributed by atoms with Gasteiger partial charge >= 0.3 is 6.18 Å². The Hall–Kier alpha value is -0.290. The molecule has 20 heavy (non-hydrogen) atoms. The predicted octanol–water partition coefficient (Wildman–Crippen LogP) is 3.71. The maximum absolute atomic E-state index is 13.1. The van der Waals surface area contributed by atoms with Crippen molar-refractivity contribution in [3.8, 4) is 0 Å². The van der Waals surface area contributed by atoms with E-state index in [0.717, 1.165) is 25.9 Å². The summed E-state index contributed by atoms with van der Waals surface area (Å²) in [5.74, 6) is -0.739. The van der Waals surface area contributed by atoms with Crippen LogP contribution in [0.15, 0.2) is 0 Å². The largest absolute Gasteiger partial charge is 0.395 e. The van der Waals surface area contributed by atoms with E-state index >= 15 is 0 Å². The van der Waals surface area contributed by atoms with Crippen LogP contribution in [0.5, 0.6) is 0 Å². The van der Waals surface area contributed by atoms with Crippen LogP contribution in [-0.4, -0.2) is 43.4 Å². The maximum atomic E-state index is 13.1. The molecule has 0 bridgehead atoms. The Labute approximate surface area is 119 Å². The molecule has 0 N–H and O–H groups in total. The molecule has 2 nitrogen and oxygen atoms in total. The van der Waals surface area contributed by atoms with Crippen molar-refractivity contribution in [2.24, 2.45) is 17.3 Å². The van der Waals surface area contributed by atoms with Gasteiger partial charge < -0.3 is 4.74 Å². The topological polar surface area (TPSA) is 12.5 Å². The number of halogens is 3. The summed E-state index contributed by atoms with van der Waals surface area (Å²) in [6, 6.07) is -0.388. The van der Waals surface area contributed by atoms with Crippen LogP contribution in [0, 0.1) is 17.3 Å². The van der Waals surface area contributed by atoms with E-state index in [-0.39, 0.29) is 18.1 Å². The van der Waals surface area contributed by atoms with Gasteiger partial charge in [0.2, 0.25) is 0 Å². The van der Waals surface area contributed by atoms with E-state index in [0.29, 0.717) is 18.9 Å². The summed E-state index contributed by atoms with van der Waals surface area (Å²) < 4.78 is 44.4. The Balaban J connectivity index is 2.01. The first-order valence-electron chi connectivity index (χ1n) is 7.62. The van der Waals surface area contributed by atoms with Crippen molar-refractivity contribution < 1.29 is 17.9 Å². The molecular weight excluding hydrogens is 267 g/mol. The number of alkyl halides is 3. The van der Waals surface area contributed by atoms with Gasteiger partial charge in [-0.15, -0.1) is 0 Å². The van der Waals surface area contributed by atoms with Crippen molar-refractivity contribution in [2.45, 2.75) is 52.3 Å². The standard InChI is InChI=1S/C15H26F3NO/c1-11(2)14(3)5-7-19(8-6-14)13-4-9-20-10-12(13)15(16,17)18/h11-13H,4-10H2,1-3H3/t12-,13-/m1/s1. The molecule has 2 aliphatic rings. The van der Waals surface area contributed by atoms with E-state index in [4.69, 9.17) is 4.74 Å². The molecule has 0 unspecified atom stereocenters. The quantitative estimate of drug-likeness (QED) is 0.769. The van der Waals surface area contributed by atoms with Crippen molar-refractivity contribution in [1.82, 2.24) is 4.90 Å². The fourth-order valence-corrected chi connectivity index (χ4v) is 3.42. The third-order valence-corrected chi connectivity index (χ3v) is 5.54. The van der Waals surface area contributed by atoms with Crippen molar-refractivity contribution in [2.75, 3.05) is 26.3 Å². The normalized spacial score (nSPS) is 32.5. The first-order valence-corrected chi connectivity index (χ1v) is 7.62. The zero-order valence-electron chi connectivity index (χ0n) is 12.7. The lowest BCUT2D eigenvalue weighted by atomic mass is 9.71. The van der Waals surface area contributed by atoms with Gasteiger partial charge in [0.1, 0.15) is 0 Å². The summed E-state index contributed by atoms with van der Waals surface area (Å²) in [4.78, 5) is 2.06. The molecule has 0 aromatic carbocycles. The summed E-state index contributed by atoms with van der Waals surface area (Å²) in [5.41, 5.74) is 0.273. The van der Waals surface area contributed by atoms with E-state index < -0.39 is 12.1 Å². The first-order chi connectivity index (χ1) is 9.24. The van der Waals surface area contributed by atoms with Gasteiger partial charge in [-0.05, 0) is 43.7 Å². The van der Waals surface area contributed by atoms with Crippen molar-refractivity contribution in [1.29, 1.82) is 0 Å². The molecule has 0 aliphatic carbocycles. The molecule has 0 aromatic rings. The van der Waals surface area contributed by atoms with E-state index in [2.05, 4.69) is 25.7 Å². The lowest BCUT2D eigenvalue weighted by Gasteiger charge is -2.47. The predicted molar refractivity (Wildman–Crippen MR) is 72.5 cm³/mol. The molecule has 2 saturated heterocycles.